The van der Waals surface area contributed by atoms with Crippen molar-refractivity contribution in [2.24, 2.45) is 0 Å². The molecule has 20 heavy (non-hydrogen) atoms. The van der Waals surface area contributed by atoms with Crippen molar-refractivity contribution >= 4 is 50.2 Å². The van der Waals surface area contributed by atoms with Crippen LogP contribution in [0.15, 0.2) is 28.5 Å². The number of amides is 1. The van der Waals surface area contributed by atoms with Gasteiger partial charge in [-0.1, -0.05) is 11.6 Å². The smallest absolute Gasteiger partial charge is 0.261 e. The van der Waals surface area contributed by atoms with Gasteiger partial charge in [-0.25, -0.2) is 13.1 Å². The molecular weight excluding hydrogens is 340 g/mol. The van der Waals surface area contributed by atoms with Crippen LogP contribution in [0, 0.1) is 0 Å². The first-order chi connectivity index (χ1) is 9.42. The molecule has 0 bridgehead atoms. The van der Waals surface area contributed by atoms with Gasteiger partial charge in [-0.3, -0.25) is 4.79 Å². The zero-order valence-corrected chi connectivity index (χ0v) is 13.5. The molecule has 0 saturated carbocycles. The number of sulfonamides is 1. The molecule has 2 N–H and O–H groups in total. The number of carbonyl (C=O) groups is 1. The Balaban J connectivity index is 2.00. The van der Waals surface area contributed by atoms with Gasteiger partial charge in [0.2, 0.25) is 10.0 Å². The second-order valence-electron chi connectivity index (χ2n) is 3.71. The number of hydrogen-bond acceptors (Lipinski definition) is 5. The summed E-state index contributed by atoms with van der Waals surface area (Å²) in [6, 6.07) is 6.49. The Labute approximate surface area is 129 Å². The van der Waals surface area contributed by atoms with Crippen molar-refractivity contribution in [3.8, 4) is 0 Å². The zero-order valence-electron chi connectivity index (χ0n) is 10.3. The van der Waals surface area contributed by atoms with Crippen molar-refractivity contribution in [1.29, 1.82) is 0 Å². The SMILES string of the molecule is CNS(=O)(=O)c1ccc(CNC(=O)c2ccc(Cl)s2)s1. The van der Waals surface area contributed by atoms with Crippen molar-refractivity contribution in [3.05, 3.63) is 38.4 Å². The highest BCUT2D eigenvalue weighted by atomic mass is 35.5. The lowest BCUT2D eigenvalue weighted by molar-refractivity contribution is 0.0955. The Bertz CT molecular complexity index is 721. The van der Waals surface area contributed by atoms with E-state index in [9.17, 15) is 13.2 Å². The van der Waals surface area contributed by atoms with Gasteiger partial charge in [-0.2, -0.15) is 0 Å². The van der Waals surface area contributed by atoms with Crippen LogP contribution in [0.2, 0.25) is 4.34 Å². The summed E-state index contributed by atoms with van der Waals surface area (Å²) >= 11 is 8.07. The van der Waals surface area contributed by atoms with E-state index < -0.39 is 10.0 Å². The summed E-state index contributed by atoms with van der Waals surface area (Å²) in [5, 5.41) is 2.72. The lowest BCUT2D eigenvalue weighted by Crippen LogP contribution is -2.21. The van der Waals surface area contributed by atoms with Crippen molar-refractivity contribution in [2.75, 3.05) is 7.05 Å². The molecule has 0 fully saturated rings. The van der Waals surface area contributed by atoms with Crippen LogP contribution in [0.25, 0.3) is 0 Å². The molecule has 0 saturated heterocycles. The maximum atomic E-state index is 11.8. The van der Waals surface area contributed by atoms with Crippen LogP contribution < -0.4 is 10.0 Å². The van der Waals surface area contributed by atoms with E-state index in [0.29, 0.717) is 9.21 Å². The van der Waals surface area contributed by atoms with Gasteiger partial charge in [0.1, 0.15) is 4.21 Å². The van der Waals surface area contributed by atoms with Crippen LogP contribution >= 0.6 is 34.3 Å². The molecule has 0 aliphatic rings. The largest absolute Gasteiger partial charge is 0.346 e. The maximum Gasteiger partial charge on any atom is 0.261 e. The van der Waals surface area contributed by atoms with E-state index >= 15 is 0 Å². The first kappa shape index (κ1) is 15.5. The van der Waals surface area contributed by atoms with Crippen LogP contribution in [0.4, 0.5) is 0 Å². The number of thiophene rings is 2. The maximum absolute atomic E-state index is 11.8. The Hall–Kier alpha value is -0.930. The van der Waals surface area contributed by atoms with Gasteiger partial charge < -0.3 is 5.32 Å². The molecule has 2 heterocycles. The molecule has 108 valence electrons. The molecular formula is C11H11ClN2O3S3. The highest BCUT2D eigenvalue weighted by molar-refractivity contribution is 7.91. The average Bonchev–Trinajstić information content (AvgIpc) is 3.05. The minimum Gasteiger partial charge on any atom is -0.346 e. The Morgan fingerprint density at radius 1 is 1.25 bits per heavy atom. The van der Waals surface area contributed by atoms with E-state index in [1.807, 2.05) is 0 Å². The molecule has 5 nitrogen and oxygen atoms in total. The van der Waals surface area contributed by atoms with Gasteiger partial charge in [0.25, 0.3) is 5.91 Å². The molecule has 2 aromatic heterocycles. The fourth-order valence-electron chi connectivity index (χ4n) is 1.39. The van der Waals surface area contributed by atoms with E-state index in [1.165, 1.54) is 24.5 Å². The molecule has 0 aliphatic heterocycles. The number of hydrogen-bond donors (Lipinski definition) is 2. The fourth-order valence-corrected chi connectivity index (χ4v) is 4.48. The Morgan fingerprint density at radius 3 is 2.60 bits per heavy atom. The second kappa shape index (κ2) is 6.23. The van der Waals surface area contributed by atoms with E-state index in [2.05, 4.69) is 10.0 Å². The molecule has 0 atom stereocenters. The Kier molecular flexibility index (Phi) is 4.82. The van der Waals surface area contributed by atoms with Crippen molar-refractivity contribution in [3.63, 3.8) is 0 Å². The lowest BCUT2D eigenvalue weighted by Gasteiger charge is -2.01. The fraction of sp³-hybridized carbons (Fsp3) is 0.182. The molecule has 0 spiro atoms. The van der Waals surface area contributed by atoms with Crippen LogP contribution in [-0.4, -0.2) is 21.4 Å². The second-order valence-corrected chi connectivity index (χ2v) is 8.71. The van der Waals surface area contributed by atoms with Crippen molar-refractivity contribution in [1.82, 2.24) is 10.0 Å². The van der Waals surface area contributed by atoms with Crippen LogP contribution in [0.3, 0.4) is 0 Å². The third-order valence-electron chi connectivity index (χ3n) is 2.39. The minimum absolute atomic E-state index is 0.225. The molecule has 2 aromatic rings. The van der Waals surface area contributed by atoms with Gasteiger partial charge >= 0.3 is 0 Å². The van der Waals surface area contributed by atoms with E-state index in [0.717, 1.165) is 16.2 Å². The van der Waals surface area contributed by atoms with Gasteiger partial charge in [-0.15, -0.1) is 22.7 Å². The summed E-state index contributed by atoms with van der Waals surface area (Å²) in [7, 11) is -2.07. The number of rotatable bonds is 5. The first-order valence-electron chi connectivity index (χ1n) is 5.48. The first-order valence-corrected chi connectivity index (χ1v) is 8.97. The molecule has 0 aromatic carbocycles. The lowest BCUT2D eigenvalue weighted by atomic mass is 10.4. The standard InChI is InChI=1S/C11H11ClN2O3S3/c1-13-20(16,17)10-5-2-7(18-10)6-14-11(15)8-3-4-9(12)19-8/h2-5,13H,6H2,1H3,(H,14,15). The average molecular weight is 351 g/mol. The van der Waals surface area contributed by atoms with Gasteiger partial charge in [0.15, 0.2) is 0 Å². The summed E-state index contributed by atoms with van der Waals surface area (Å²) < 4.78 is 26.2. The number of carbonyl (C=O) groups excluding carboxylic acids is 1. The summed E-state index contributed by atoms with van der Waals surface area (Å²) in [6.07, 6.45) is 0. The summed E-state index contributed by atoms with van der Waals surface area (Å²) in [5.74, 6) is -0.228. The highest BCUT2D eigenvalue weighted by Gasteiger charge is 2.15. The minimum atomic E-state index is -3.42. The monoisotopic (exact) mass is 350 g/mol. The van der Waals surface area contributed by atoms with E-state index in [1.54, 1.807) is 18.2 Å². The molecule has 1 amide bonds. The van der Waals surface area contributed by atoms with Crippen LogP contribution in [0.1, 0.15) is 14.5 Å². The molecule has 2 rings (SSSR count). The van der Waals surface area contributed by atoms with Crippen molar-refractivity contribution < 1.29 is 13.2 Å². The Morgan fingerprint density at radius 2 is 2.00 bits per heavy atom. The summed E-state index contributed by atoms with van der Waals surface area (Å²) in [5.41, 5.74) is 0. The van der Waals surface area contributed by atoms with Gasteiger partial charge in [0, 0.05) is 4.88 Å². The van der Waals surface area contributed by atoms with Gasteiger partial charge in [-0.05, 0) is 31.3 Å². The normalized spacial score (nSPS) is 11.5. The third kappa shape index (κ3) is 3.58. The highest BCUT2D eigenvalue weighted by Crippen LogP contribution is 2.23. The summed E-state index contributed by atoms with van der Waals surface area (Å²) in [4.78, 5) is 13.1. The predicted molar refractivity (Wildman–Crippen MR) is 81.1 cm³/mol. The number of nitrogens with one attached hydrogen (secondary N) is 2. The van der Waals surface area contributed by atoms with Crippen LogP contribution in [-0.2, 0) is 16.6 Å². The molecule has 9 heteroatoms. The van der Waals surface area contributed by atoms with Gasteiger partial charge in [0.05, 0.1) is 15.8 Å². The topological polar surface area (TPSA) is 75.3 Å². The number of halogens is 1. The predicted octanol–water partition coefficient (Wildman–Crippen LogP) is 2.30. The molecule has 0 unspecified atom stereocenters. The summed E-state index contributed by atoms with van der Waals surface area (Å²) in [6.45, 7) is 0.276. The van der Waals surface area contributed by atoms with E-state index in [4.69, 9.17) is 11.6 Å². The van der Waals surface area contributed by atoms with Crippen molar-refractivity contribution in [2.45, 2.75) is 10.8 Å². The zero-order chi connectivity index (χ0) is 14.8. The quantitative estimate of drug-likeness (QED) is 0.868. The third-order valence-corrected chi connectivity index (χ3v) is 6.61. The molecule has 0 radical (unpaired) electrons. The van der Waals surface area contributed by atoms with E-state index in [-0.39, 0.29) is 16.7 Å². The molecule has 0 aliphatic carbocycles. The van der Waals surface area contributed by atoms with Crippen LogP contribution in [0.5, 0.6) is 0 Å².